The Morgan fingerprint density at radius 1 is 1.23 bits per heavy atom. The molecule has 2 aliphatic heterocycles. The SMILES string of the molecule is CC(C)CC1CC(CN2CCCC(CNC(=O)C3(c4ccc(Cl)cc4)CC3)C2)NN1. The number of hydrogen-bond acceptors (Lipinski definition) is 4. The van der Waals surface area contributed by atoms with E-state index in [1.165, 1.54) is 32.2 Å². The fourth-order valence-corrected chi connectivity index (χ4v) is 5.41. The minimum Gasteiger partial charge on any atom is -0.355 e. The topological polar surface area (TPSA) is 56.4 Å². The summed E-state index contributed by atoms with van der Waals surface area (Å²) in [7, 11) is 0. The van der Waals surface area contributed by atoms with Crippen molar-refractivity contribution < 1.29 is 4.79 Å². The molecule has 1 aromatic carbocycles. The molecule has 3 N–H and O–H groups in total. The summed E-state index contributed by atoms with van der Waals surface area (Å²) in [6, 6.07) is 8.92. The average Bonchev–Trinajstić information content (AvgIpc) is 3.42. The van der Waals surface area contributed by atoms with Crippen LogP contribution in [0.15, 0.2) is 24.3 Å². The van der Waals surface area contributed by atoms with Crippen LogP contribution in [0.4, 0.5) is 0 Å². The van der Waals surface area contributed by atoms with Crippen molar-refractivity contribution in [3.8, 4) is 0 Å². The normalized spacial score (nSPS) is 28.6. The number of rotatable bonds is 8. The molecule has 166 valence electrons. The van der Waals surface area contributed by atoms with E-state index in [-0.39, 0.29) is 11.3 Å². The molecule has 1 saturated carbocycles. The van der Waals surface area contributed by atoms with Crippen LogP contribution in [0, 0.1) is 11.8 Å². The van der Waals surface area contributed by atoms with Gasteiger partial charge < -0.3 is 10.2 Å². The van der Waals surface area contributed by atoms with E-state index in [9.17, 15) is 4.79 Å². The summed E-state index contributed by atoms with van der Waals surface area (Å²) in [6.07, 6.45) is 6.74. The third-order valence-corrected chi connectivity index (χ3v) is 7.28. The van der Waals surface area contributed by atoms with Gasteiger partial charge in [0.2, 0.25) is 5.91 Å². The Balaban J connectivity index is 1.23. The van der Waals surface area contributed by atoms with E-state index in [0.717, 1.165) is 49.0 Å². The molecule has 4 rings (SSSR count). The van der Waals surface area contributed by atoms with Gasteiger partial charge in [-0.1, -0.05) is 37.6 Å². The molecule has 5 nitrogen and oxygen atoms in total. The number of nitrogens with one attached hydrogen (secondary N) is 3. The van der Waals surface area contributed by atoms with Gasteiger partial charge in [-0.3, -0.25) is 15.6 Å². The Hall–Kier alpha value is -1.14. The Morgan fingerprint density at radius 3 is 2.67 bits per heavy atom. The zero-order valence-corrected chi connectivity index (χ0v) is 19.2. The molecule has 1 aromatic rings. The van der Waals surface area contributed by atoms with Crippen molar-refractivity contribution in [1.82, 2.24) is 21.1 Å². The van der Waals surface area contributed by atoms with Crippen LogP contribution in [0.3, 0.4) is 0 Å². The lowest BCUT2D eigenvalue weighted by molar-refractivity contribution is -0.123. The summed E-state index contributed by atoms with van der Waals surface area (Å²) in [4.78, 5) is 15.6. The predicted octanol–water partition coefficient (Wildman–Crippen LogP) is 3.48. The maximum Gasteiger partial charge on any atom is 0.230 e. The Bertz CT molecular complexity index is 718. The fraction of sp³-hybridized carbons (Fsp3) is 0.708. The molecule has 0 aromatic heterocycles. The quantitative estimate of drug-likeness (QED) is 0.588. The van der Waals surface area contributed by atoms with Gasteiger partial charge in [0.25, 0.3) is 0 Å². The van der Waals surface area contributed by atoms with Gasteiger partial charge in [-0.25, -0.2) is 0 Å². The van der Waals surface area contributed by atoms with Crippen molar-refractivity contribution in [2.75, 3.05) is 26.2 Å². The first kappa shape index (κ1) is 22.1. The first-order valence-electron chi connectivity index (χ1n) is 11.7. The molecule has 3 aliphatic rings. The molecule has 30 heavy (non-hydrogen) atoms. The number of halogens is 1. The van der Waals surface area contributed by atoms with Crippen molar-refractivity contribution in [1.29, 1.82) is 0 Å². The molecule has 0 spiro atoms. The standard InChI is InChI=1S/C24H37ClN4O/c1-17(2)12-21-13-22(28-27-21)16-29-11-3-4-18(15-29)14-26-23(30)24(9-10-24)19-5-7-20(25)8-6-19/h5-8,17-18,21-22,27-28H,3-4,9-16H2,1-2H3,(H,26,30). The highest BCUT2D eigenvalue weighted by atomic mass is 35.5. The van der Waals surface area contributed by atoms with Crippen molar-refractivity contribution in [3.05, 3.63) is 34.9 Å². The number of carbonyl (C=O) groups excluding carboxylic acids is 1. The van der Waals surface area contributed by atoms with Gasteiger partial charge in [-0.05, 0) is 74.6 Å². The van der Waals surface area contributed by atoms with Crippen LogP contribution in [0.2, 0.25) is 5.02 Å². The molecule has 3 atom stereocenters. The van der Waals surface area contributed by atoms with Crippen LogP contribution < -0.4 is 16.2 Å². The van der Waals surface area contributed by atoms with Gasteiger partial charge >= 0.3 is 0 Å². The Morgan fingerprint density at radius 2 is 1.97 bits per heavy atom. The predicted molar refractivity (Wildman–Crippen MR) is 122 cm³/mol. The number of piperidine rings is 1. The van der Waals surface area contributed by atoms with Crippen molar-refractivity contribution in [2.24, 2.45) is 11.8 Å². The fourth-order valence-electron chi connectivity index (χ4n) is 5.28. The van der Waals surface area contributed by atoms with Crippen LogP contribution in [-0.4, -0.2) is 49.1 Å². The number of likely N-dealkylation sites (tertiary alicyclic amines) is 1. The lowest BCUT2D eigenvalue weighted by Gasteiger charge is -2.34. The second-order valence-electron chi connectivity index (χ2n) is 10.1. The van der Waals surface area contributed by atoms with Crippen LogP contribution in [0.25, 0.3) is 0 Å². The van der Waals surface area contributed by atoms with E-state index in [4.69, 9.17) is 11.6 Å². The number of carbonyl (C=O) groups is 1. The summed E-state index contributed by atoms with van der Waals surface area (Å²) in [5.41, 5.74) is 7.77. The summed E-state index contributed by atoms with van der Waals surface area (Å²) < 4.78 is 0. The molecular formula is C24H37ClN4O. The molecular weight excluding hydrogens is 396 g/mol. The molecule has 6 heteroatoms. The van der Waals surface area contributed by atoms with Crippen molar-refractivity contribution in [3.63, 3.8) is 0 Å². The number of benzene rings is 1. The summed E-state index contributed by atoms with van der Waals surface area (Å²) >= 11 is 6.02. The first-order valence-corrected chi connectivity index (χ1v) is 12.1. The molecule has 2 heterocycles. The smallest absolute Gasteiger partial charge is 0.230 e. The largest absolute Gasteiger partial charge is 0.355 e. The van der Waals surface area contributed by atoms with E-state index in [1.807, 2.05) is 24.3 Å². The third-order valence-electron chi connectivity index (χ3n) is 7.03. The highest BCUT2D eigenvalue weighted by molar-refractivity contribution is 6.30. The van der Waals surface area contributed by atoms with E-state index in [0.29, 0.717) is 18.0 Å². The molecule has 0 radical (unpaired) electrons. The van der Waals surface area contributed by atoms with E-state index in [2.05, 4.69) is 34.9 Å². The van der Waals surface area contributed by atoms with E-state index < -0.39 is 0 Å². The molecule has 1 amide bonds. The zero-order valence-electron chi connectivity index (χ0n) is 18.4. The second kappa shape index (κ2) is 9.56. The van der Waals surface area contributed by atoms with Crippen molar-refractivity contribution in [2.45, 2.75) is 69.9 Å². The minimum absolute atomic E-state index is 0.195. The summed E-state index contributed by atoms with van der Waals surface area (Å²) in [5.74, 6) is 1.47. The van der Waals surface area contributed by atoms with Gasteiger partial charge in [-0.2, -0.15) is 0 Å². The number of amides is 1. The third kappa shape index (κ3) is 5.37. The second-order valence-corrected chi connectivity index (χ2v) is 10.6. The molecule has 1 aliphatic carbocycles. The molecule has 3 unspecified atom stereocenters. The lowest BCUT2D eigenvalue weighted by atomic mass is 9.93. The molecule has 0 bridgehead atoms. The first-order chi connectivity index (χ1) is 14.4. The number of hydrogen-bond donors (Lipinski definition) is 3. The molecule has 3 fully saturated rings. The van der Waals surface area contributed by atoms with Gasteiger partial charge in [0.15, 0.2) is 0 Å². The van der Waals surface area contributed by atoms with E-state index in [1.54, 1.807) is 0 Å². The lowest BCUT2D eigenvalue weighted by Crippen LogP contribution is -2.47. The summed E-state index contributed by atoms with van der Waals surface area (Å²) in [5, 5.41) is 4.01. The molecule has 2 saturated heterocycles. The minimum atomic E-state index is -0.316. The highest BCUT2D eigenvalue weighted by Gasteiger charge is 2.51. The summed E-state index contributed by atoms with van der Waals surface area (Å²) in [6.45, 7) is 8.72. The van der Waals surface area contributed by atoms with Gasteiger partial charge in [0.1, 0.15) is 0 Å². The van der Waals surface area contributed by atoms with E-state index >= 15 is 0 Å². The maximum atomic E-state index is 13.0. The number of nitrogens with zero attached hydrogens (tertiary/aromatic N) is 1. The number of hydrazine groups is 1. The van der Waals surface area contributed by atoms with Gasteiger partial charge in [0.05, 0.1) is 5.41 Å². The van der Waals surface area contributed by atoms with Crippen LogP contribution in [-0.2, 0) is 10.2 Å². The van der Waals surface area contributed by atoms with Crippen LogP contribution in [0.5, 0.6) is 0 Å². The monoisotopic (exact) mass is 432 g/mol. The van der Waals surface area contributed by atoms with Crippen LogP contribution in [0.1, 0.15) is 57.9 Å². The Kier molecular flexibility index (Phi) is 7.03. The van der Waals surface area contributed by atoms with Gasteiger partial charge in [0, 0.05) is 36.7 Å². The van der Waals surface area contributed by atoms with Crippen molar-refractivity contribution >= 4 is 17.5 Å². The zero-order chi connectivity index (χ0) is 21.1. The highest BCUT2D eigenvalue weighted by Crippen LogP contribution is 2.48. The van der Waals surface area contributed by atoms with Crippen LogP contribution >= 0.6 is 11.6 Å². The average molecular weight is 433 g/mol. The van der Waals surface area contributed by atoms with Gasteiger partial charge in [-0.15, -0.1) is 0 Å². The maximum absolute atomic E-state index is 13.0. The Labute approximate surface area is 186 Å².